The SMILES string of the molecule is Cc1nn(CCO)c(C)c1CNCc1nccn1CC(C)C. The Morgan fingerprint density at radius 1 is 1.27 bits per heavy atom. The molecule has 0 atom stereocenters. The number of nitrogens with one attached hydrogen (secondary N) is 1. The van der Waals surface area contributed by atoms with Crippen molar-refractivity contribution in [3.8, 4) is 0 Å². The second-order valence-electron chi connectivity index (χ2n) is 6.09. The summed E-state index contributed by atoms with van der Waals surface area (Å²) < 4.78 is 4.07. The summed E-state index contributed by atoms with van der Waals surface area (Å²) in [7, 11) is 0. The molecule has 0 fully saturated rings. The zero-order valence-corrected chi connectivity index (χ0v) is 14.0. The maximum absolute atomic E-state index is 9.06. The second-order valence-corrected chi connectivity index (χ2v) is 6.09. The first-order valence-corrected chi connectivity index (χ1v) is 7.87. The van der Waals surface area contributed by atoms with Gasteiger partial charge in [0.2, 0.25) is 0 Å². The molecule has 0 saturated heterocycles. The lowest BCUT2D eigenvalue weighted by atomic mass is 10.2. The first-order valence-electron chi connectivity index (χ1n) is 7.87. The van der Waals surface area contributed by atoms with Crippen LogP contribution < -0.4 is 5.32 Å². The average Bonchev–Trinajstić information content (AvgIpc) is 2.98. The van der Waals surface area contributed by atoms with Gasteiger partial charge < -0.3 is 15.0 Å². The van der Waals surface area contributed by atoms with Gasteiger partial charge in [0.1, 0.15) is 5.82 Å². The molecule has 6 heteroatoms. The summed E-state index contributed by atoms with van der Waals surface area (Å²) in [6, 6.07) is 0. The maximum atomic E-state index is 9.06. The summed E-state index contributed by atoms with van der Waals surface area (Å²) in [5.41, 5.74) is 3.34. The molecule has 0 spiro atoms. The van der Waals surface area contributed by atoms with Gasteiger partial charge in [-0.05, 0) is 19.8 Å². The van der Waals surface area contributed by atoms with E-state index in [0.29, 0.717) is 12.5 Å². The topological polar surface area (TPSA) is 67.9 Å². The Labute approximate surface area is 132 Å². The molecule has 22 heavy (non-hydrogen) atoms. The number of hydrogen-bond donors (Lipinski definition) is 2. The molecule has 0 aliphatic rings. The summed E-state index contributed by atoms with van der Waals surface area (Å²) in [6.07, 6.45) is 3.89. The molecule has 6 nitrogen and oxygen atoms in total. The van der Waals surface area contributed by atoms with Gasteiger partial charge in [0.15, 0.2) is 0 Å². The van der Waals surface area contributed by atoms with Crippen molar-refractivity contribution in [1.82, 2.24) is 24.6 Å². The first kappa shape index (κ1) is 16.7. The van der Waals surface area contributed by atoms with E-state index in [9.17, 15) is 0 Å². The van der Waals surface area contributed by atoms with Gasteiger partial charge in [0.05, 0.1) is 25.4 Å². The van der Waals surface area contributed by atoms with Gasteiger partial charge in [-0.2, -0.15) is 5.10 Å². The van der Waals surface area contributed by atoms with E-state index in [1.54, 1.807) is 0 Å². The smallest absolute Gasteiger partial charge is 0.122 e. The minimum Gasteiger partial charge on any atom is -0.394 e. The van der Waals surface area contributed by atoms with Crippen LogP contribution in [0, 0.1) is 19.8 Å². The van der Waals surface area contributed by atoms with Gasteiger partial charge in [0, 0.05) is 36.7 Å². The van der Waals surface area contributed by atoms with Crippen molar-refractivity contribution in [3.63, 3.8) is 0 Å². The Balaban J connectivity index is 1.96. The summed E-state index contributed by atoms with van der Waals surface area (Å²) in [6.45, 7) is 11.6. The molecule has 2 rings (SSSR count). The van der Waals surface area contributed by atoms with Crippen LogP contribution in [0.5, 0.6) is 0 Å². The number of imidazole rings is 1. The highest BCUT2D eigenvalue weighted by molar-refractivity contribution is 5.24. The van der Waals surface area contributed by atoms with Crippen molar-refractivity contribution in [2.45, 2.75) is 53.9 Å². The molecule has 2 aromatic rings. The normalized spacial score (nSPS) is 11.5. The summed E-state index contributed by atoms with van der Waals surface area (Å²) in [5.74, 6) is 1.67. The highest BCUT2D eigenvalue weighted by atomic mass is 16.3. The van der Waals surface area contributed by atoms with E-state index in [4.69, 9.17) is 5.11 Å². The number of hydrogen-bond acceptors (Lipinski definition) is 4. The van der Waals surface area contributed by atoms with Gasteiger partial charge in [-0.3, -0.25) is 4.68 Å². The molecule has 0 unspecified atom stereocenters. The summed E-state index contributed by atoms with van der Waals surface area (Å²) in [5, 5.41) is 17.0. The molecule has 0 aliphatic heterocycles. The van der Waals surface area contributed by atoms with Crippen LogP contribution >= 0.6 is 0 Å². The van der Waals surface area contributed by atoms with Crippen LogP contribution in [0.3, 0.4) is 0 Å². The number of aliphatic hydroxyl groups is 1. The fraction of sp³-hybridized carbons (Fsp3) is 0.625. The van der Waals surface area contributed by atoms with Crippen LogP contribution in [0.1, 0.15) is 36.6 Å². The predicted molar refractivity (Wildman–Crippen MR) is 86.4 cm³/mol. The zero-order chi connectivity index (χ0) is 16.1. The van der Waals surface area contributed by atoms with Gasteiger partial charge in [-0.25, -0.2) is 4.98 Å². The molecule has 2 N–H and O–H groups in total. The summed E-state index contributed by atoms with van der Waals surface area (Å²) in [4.78, 5) is 4.43. The number of aliphatic hydroxyl groups excluding tert-OH is 1. The van der Waals surface area contributed by atoms with Crippen LogP contribution in [0.15, 0.2) is 12.4 Å². The highest BCUT2D eigenvalue weighted by Gasteiger charge is 2.11. The number of aromatic nitrogens is 4. The van der Waals surface area contributed by atoms with Crippen LogP contribution in [-0.2, 0) is 26.2 Å². The molecule has 0 bridgehead atoms. The molecule has 0 aromatic carbocycles. The van der Waals surface area contributed by atoms with E-state index in [0.717, 1.165) is 36.8 Å². The fourth-order valence-corrected chi connectivity index (χ4v) is 2.67. The molecular weight excluding hydrogens is 278 g/mol. The van der Waals surface area contributed by atoms with Crippen LogP contribution in [-0.4, -0.2) is 31.0 Å². The summed E-state index contributed by atoms with van der Waals surface area (Å²) >= 11 is 0. The second kappa shape index (κ2) is 7.56. The first-order chi connectivity index (χ1) is 10.5. The van der Waals surface area contributed by atoms with Gasteiger partial charge in [-0.1, -0.05) is 13.8 Å². The third kappa shape index (κ3) is 3.96. The Bertz CT molecular complexity index is 600. The van der Waals surface area contributed by atoms with Crippen molar-refractivity contribution < 1.29 is 5.11 Å². The van der Waals surface area contributed by atoms with E-state index in [-0.39, 0.29) is 6.61 Å². The van der Waals surface area contributed by atoms with Crippen molar-refractivity contribution in [3.05, 3.63) is 35.2 Å². The van der Waals surface area contributed by atoms with Crippen LogP contribution in [0.25, 0.3) is 0 Å². The third-order valence-electron chi connectivity index (χ3n) is 3.79. The molecule has 2 aromatic heterocycles. The largest absolute Gasteiger partial charge is 0.394 e. The van der Waals surface area contributed by atoms with Crippen molar-refractivity contribution in [2.75, 3.05) is 6.61 Å². The Morgan fingerprint density at radius 2 is 2.05 bits per heavy atom. The van der Waals surface area contributed by atoms with Crippen molar-refractivity contribution in [1.29, 1.82) is 0 Å². The Kier molecular flexibility index (Phi) is 5.74. The highest BCUT2D eigenvalue weighted by Crippen LogP contribution is 2.13. The van der Waals surface area contributed by atoms with E-state index >= 15 is 0 Å². The predicted octanol–water partition coefficient (Wildman–Crippen LogP) is 1.63. The van der Waals surface area contributed by atoms with Gasteiger partial charge >= 0.3 is 0 Å². The van der Waals surface area contributed by atoms with E-state index < -0.39 is 0 Å². The lowest BCUT2D eigenvalue weighted by Gasteiger charge is -2.11. The van der Waals surface area contributed by atoms with E-state index in [1.165, 1.54) is 5.56 Å². The van der Waals surface area contributed by atoms with Crippen LogP contribution in [0.4, 0.5) is 0 Å². The Hall–Kier alpha value is -1.66. The Morgan fingerprint density at radius 3 is 2.73 bits per heavy atom. The van der Waals surface area contributed by atoms with Crippen molar-refractivity contribution >= 4 is 0 Å². The van der Waals surface area contributed by atoms with E-state index in [2.05, 4.69) is 33.8 Å². The molecule has 0 aliphatic carbocycles. The molecule has 2 heterocycles. The fourth-order valence-electron chi connectivity index (χ4n) is 2.67. The van der Waals surface area contributed by atoms with Gasteiger partial charge in [-0.15, -0.1) is 0 Å². The van der Waals surface area contributed by atoms with Gasteiger partial charge in [0.25, 0.3) is 0 Å². The average molecular weight is 305 g/mol. The minimum atomic E-state index is 0.113. The quantitative estimate of drug-likeness (QED) is 0.778. The molecule has 122 valence electrons. The maximum Gasteiger partial charge on any atom is 0.122 e. The zero-order valence-electron chi connectivity index (χ0n) is 14.0. The third-order valence-corrected chi connectivity index (χ3v) is 3.79. The number of nitrogens with zero attached hydrogens (tertiary/aromatic N) is 4. The molecule has 0 radical (unpaired) electrons. The minimum absolute atomic E-state index is 0.113. The van der Waals surface area contributed by atoms with E-state index in [1.807, 2.05) is 30.9 Å². The molecular formula is C16H27N5O. The lowest BCUT2D eigenvalue weighted by Crippen LogP contribution is -2.18. The standard InChI is InChI=1S/C16H27N5O/c1-12(2)11-20-6-5-18-16(20)10-17-9-15-13(3)19-21(7-8-22)14(15)4/h5-6,12,17,22H,7-11H2,1-4H3. The number of rotatable bonds is 8. The lowest BCUT2D eigenvalue weighted by molar-refractivity contribution is 0.267. The monoisotopic (exact) mass is 305 g/mol. The molecule has 0 saturated carbocycles. The number of aryl methyl sites for hydroxylation is 1. The molecule has 0 amide bonds. The van der Waals surface area contributed by atoms with Crippen LogP contribution in [0.2, 0.25) is 0 Å². The van der Waals surface area contributed by atoms with Crippen molar-refractivity contribution in [2.24, 2.45) is 5.92 Å².